The lowest BCUT2D eigenvalue weighted by Gasteiger charge is -2.34. The van der Waals surface area contributed by atoms with Gasteiger partial charge in [-0.05, 0) is 92.3 Å². The van der Waals surface area contributed by atoms with Gasteiger partial charge in [-0.2, -0.15) is 0 Å². The normalized spacial score (nSPS) is 16.1. The maximum atomic E-state index is 13.3. The largest absolute Gasteiger partial charge is 0.399 e. The van der Waals surface area contributed by atoms with Gasteiger partial charge in [0.25, 0.3) is 5.91 Å². The molecule has 1 heterocycles. The fourth-order valence-electron chi connectivity index (χ4n) is 5.65. The molecule has 6 nitrogen and oxygen atoms in total. The molecule has 0 radical (unpaired) electrons. The van der Waals surface area contributed by atoms with Gasteiger partial charge in [0, 0.05) is 39.7 Å². The molecule has 0 aliphatic carbocycles. The van der Waals surface area contributed by atoms with Gasteiger partial charge < -0.3 is 14.6 Å². The van der Waals surface area contributed by atoms with E-state index in [9.17, 15) is 9.00 Å². The van der Waals surface area contributed by atoms with Crippen molar-refractivity contribution >= 4 is 68.8 Å². The van der Waals surface area contributed by atoms with Crippen molar-refractivity contribution in [2.45, 2.75) is 36.0 Å². The SMILES string of the molecule is CON=C(CN(C)C(=O)c1cc(Cl)cc(Cl)c1)C(CCN1CCC(c2ccccc2S(C)=O)CC1)c1ccc(Cl)c(Cl)c1. The number of piperidine rings is 1. The summed E-state index contributed by atoms with van der Waals surface area (Å²) in [5.41, 5.74) is 3.20. The maximum absolute atomic E-state index is 13.3. The van der Waals surface area contributed by atoms with E-state index in [1.54, 1.807) is 42.5 Å². The van der Waals surface area contributed by atoms with Crippen molar-refractivity contribution in [3.8, 4) is 0 Å². The van der Waals surface area contributed by atoms with E-state index in [4.69, 9.17) is 51.2 Å². The van der Waals surface area contributed by atoms with Gasteiger partial charge in [0.1, 0.15) is 7.11 Å². The highest BCUT2D eigenvalue weighted by Crippen LogP contribution is 2.34. The van der Waals surface area contributed by atoms with Crippen LogP contribution in [-0.4, -0.2) is 72.2 Å². The van der Waals surface area contributed by atoms with Gasteiger partial charge in [-0.25, -0.2) is 0 Å². The number of benzene rings is 3. The van der Waals surface area contributed by atoms with Crippen LogP contribution in [0.4, 0.5) is 0 Å². The highest BCUT2D eigenvalue weighted by atomic mass is 35.5. The van der Waals surface area contributed by atoms with E-state index in [1.165, 1.54) is 12.7 Å². The number of oxime groups is 1. The molecule has 1 amide bonds. The Morgan fingerprint density at radius 1 is 1.02 bits per heavy atom. The molecule has 11 heteroatoms. The third-order valence-electron chi connectivity index (χ3n) is 7.80. The molecule has 1 saturated heterocycles. The molecule has 0 spiro atoms. The molecule has 2 unspecified atom stereocenters. The van der Waals surface area contributed by atoms with Crippen molar-refractivity contribution in [2.24, 2.45) is 5.16 Å². The Morgan fingerprint density at radius 2 is 1.70 bits per heavy atom. The average molecular weight is 684 g/mol. The summed E-state index contributed by atoms with van der Waals surface area (Å²) in [5.74, 6) is -0.0437. The topological polar surface area (TPSA) is 62.2 Å². The van der Waals surface area contributed by atoms with Crippen LogP contribution >= 0.6 is 46.4 Å². The molecular formula is C32H35Cl4N3O3S. The Bertz CT molecular complexity index is 1470. The summed E-state index contributed by atoms with van der Waals surface area (Å²) in [4.78, 5) is 23.5. The first-order valence-electron chi connectivity index (χ1n) is 14.0. The van der Waals surface area contributed by atoms with E-state index in [-0.39, 0.29) is 18.4 Å². The molecule has 1 aliphatic heterocycles. The third kappa shape index (κ3) is 8.96. The van der Waals surface area contributed by atoms with E-state index in [0.717, 1.165) is 49.4 Å². The first-order chi connectivity index (χ1) is 20.6. The summed E-state index contributed by atoms with van der Waals surface area (Å²) >= 11 is 25.0. The van der Waals surface area contributed by atoms with Gasteiger partial charge in [0.05, 0.1) is 33.1 Å². The van der Waals surface area contributed by atoms with Crippen LogP contribution in [0, 0.1) is 0 Å². The standard InChI is InChI=1S/C32H35Cl4N3O3S/c1-38(32(40)23-16-24(33)19-25(34)17-23)20-30(37-42-2)26(22-8-9-28(35)29(36)18-22)12-15-39-13-10-21(11-14-39)27-6-4-5-7-31(27)43(3)41/h4-9,16-19,21,26H,10-15,20H2,1-3H3. The summed E-state index contributed by atoms with van der Waals surface area (Å²) in [6.07, 6.45) is 4.45. The maximum Gasteiger partial charge on any atom is 0.254 e. The minimum Gasteiger partial charge on any atom is -0.399 e. The lowest BCUT2D eigenvalue weighted by Crippen LogP contribution is -2.37. The number of nitrogens with zero attached hydrogens (tertiary/aromatic N) is 3. The van der Waals surface area contributed by atoms with Crippen molar-refractivity contribution in [1.82, 2.24) is 9.80 Å². The molecule has 0 saturated carbocycles. The Labute approximate surface area is 276 Å². The lowest BCUT2D eigenvalue weighted by atomic mass is 9.87. The molecule has 1 fully saturated rings. The molecular weight excluding hydrogens is 648 g/mol. The first kappa shape index (κ1) is 33.8. The van der Waals surface area contributed by atoms with Crippen molar-refractivity contribution in [1.29, 1.82) is 0 Å². The van der Waals surface area contributed by atoms with Gasteiger partial charge >= 0.3 is 0 Å². The predicted octanol–water partition coefficient (Wildman–Crippen LogP) is 8.17. The van der Waals surface area contributed by atoms with Crippen LogP contribution in [-0.2, 0) is 15.6 Å². The van der Waals surface area contributed by atoms with Crippen LogP contribution in [0.2, 0.25) is 20.1 Å². The van der Waals surface area contributed by atoms with Crippen LogP contribution in [0.25, 0.3) is 0 Å². The molecule has 1 aliphatic rings. The van der Waals surface area contributed by atoms with Crippen molar-refractivity contribution in [2.75, 3.05) is 46.6 Å². The highest BCUT2D eigenvalue weighted by molar-refractivity contribution is 7.84. The first-order valence-corrected chi connectivity index (χ1v) is 17.1. The summed E-state index contributed by atoms with van der Waals surface area (Å²) < 4.78 is 12.3. The number of rotatable bonds is 11. The van der Waals surface area contributed by atoms with Gasteiger partial charge in [-0.15, -0.1) is 0 Å². The second-order valence-electron chi connectivity index (χ2n) is 10.7. The molecule has 230 valence electrons. The molecule has 2 atom stereocenters. The van der Waals surface area contributed by atoms with E-state index < -0.39 is 10.8 Å². The van der Waals surface area contributed by atoms with Crippen LogP contribution < -0.4 is 0 Å². The Kier molecular flexibility index (Phi) is 12.4. The van der Waals surface area contributed by atoms with Crippen molar-refractivity contribution in [3.63, 3.8) is 0 Å². The van der Waals surface area contributed by atoms with Crippen LogP contribution in [0.15, 0.2) is 70.7 Å². The molecule has 3 aromatic rings. The lowest BCUT2D eigenvalue weighted by molar-refractivity contribution is 0.0812. The number of hydrogen-bond acceptors (Lipinski definition) is 5. The van der Waals surface area contributed by atoms with Crippen LogP contribution in [0.1, 0.15) is 52.6 Å². The van der Waals surface area contributed by atoms with E-state index >= 15 is 0 Å². The second kappa shape index (κ2) is 15.7. The van der Waals surface area contributed by atoms with Crippen molar-refractivity contribution < 1.29 is 13.8 Å². The average Bonchev–Trinajstić information content (AvgIpc) is 2.98. The molecule has 4 rings (SSSR count). The Hall–Kier alpha value is -2.13. The smallest absolute Gasteiger partial charge is 0.254 e. The van der Waals surface area contributed by atoms with E-state index in [2.05, 4.69) is 16.1 Å². The molecule has 0 aromatic heterocycles. The second-order valence-corrected chi connectivity index (χ2v) is 13.7. The number of hydrogen-bond donors (Lipinski definition) is 0. The predicted molar refractivity (Wildman–Crippen MR) is 179 cm³/mol. The van der Waals surface area contributed by atoms with Crippen LogP contribution in [0.5, 0.6) is 0 Å². The van der Waals surface area contributed by atoms with Gasteiger partial charge in [-0.3, -0.25) is 9.00 Å². The molecule has 43 heavy (non-hydrogen) atoms. The fourth-order valence-corrected chi connectivity index (χ4v) is 7.32. The van der Waals surface area contributed by atoms with Gasteiger partial charge in [-0.1, -0.05) is 75.8 Å². The quantitative estimate of drug-likeness (QED) is 0.151. The van der Waals surface area contributed by atoms with Crippen molar-refractivity contribution in [3.05, 3.63) is 97.4 Å². The summed E-state index contributed by atoms with van der Waals surface area (Å²) in [5, 5.41) is 6.09. The third-order valence-corrected chi connectivity index (χ3v) is 9.97. The zero-order chi connectivity index (χ0) is 31.1. The zero-order valence-corrected chi connectivity index (χ0v) is 28.2. The van der Waals surface area contributed by atoms with E-state index in [1.807, 2.05) is 30.3 Å². The summed E-state index contributed by atoms with van der Waals surface area (Å²) in [6.45, 7) is 2.88. The summed E-state index contributed by atoms with van der Waals surface area (Å²) in [7, 11) is 2.19. The number of likely N-dealkylation sites (tertiary alicyclic amines) is 1. The number of halogens is 4. The monoisotopic (exact) mass is 681 g/mol. The minimum atomic E-state index is -1.02. The fraction of sp³-hybridized carbons (Fsp3) is 0.375. The van der Waals surface area contributed by atoms with E-state index in [0.29, 0.717) is 37.3 Å². The summed E-state index contributed by atoms with van der Waals surface area (Å²) in [6, 6.07) is 18.4. The van der Waals surface area contributed by atoms with Gasteiger partial charge in [0.15, 0.2) is 0 Å². The highest BCUT2D eigenvalue weighted by Gasteiger charge is 2.27. The number of carbonyl (C=O) groups is 1. The minimum absolute atomic E-state index is 0.186. The van der Waals surface area contributed by atoms with Crippen LogP contribution in [0.3, 0.4) is 0 Å². The number of carbonyl (C=O) groups excluding carboxylic acids is 1. The van der Waals surface area contributed by atoms with Gasteiger partial charge in [0.2, 0.25) is 0 Å². The molecule has 3 aromatic carbocycles. The molecule has 0 N–H and O–H groups in total. The Balaban J connectivity index is 1.51. The zero-order valence-electron chi connectivity index (χ0n) is 24.4. The number of amides is 1. The Morgan fingerprint density at radius 3 is 2.33 bits per heavy atom. The molecule has 0 bridgehead atoms.